The Labute approximate surface area is 110 Å². The van der Waals surface area contributed by atoms with Gasteiger partial charge in [0.15, 0.2) is 0 Å². The average Bonchev–Trinajstić information content (AvgIpc) is 2.64. The Morgan fingerprint density at radius 2 is 1.80 bits per heavy atom. The number of carboxylic acids is 1. The summed E-state index contributed by atoms with van der Waals surface area (Å²) in [6, 6.07) is 0. The molecule has 1 saturated heterocycles. The highest BCUT2D eigenvalue weighted by Crippen LogP contribution is 2.52. The molecule has 1 aliphatic heterocycles. The maximum atomic E-state index is 13.3. The van der Waals surface area contributed by atoms with Crippen molar-refractivity contribution in [3.05, 3.63) is 0 Å². The molecule has 1 amide bonds. The third-order valence-corrected chi connectivity index (χ3v) is 4.13. The van der Waals surface area contributed by atoms with Crippen LogP contribution in [0.2, 0.25) is 0 Å². The van der Waals surface area contributed by atoms with Gasteiger partial charge in [-0.05, 0) is 12.3 Å². The molecule has 0 bridgehead atoms. The van der Waals surface area contributed by atoms with Crippen LogP contribution in [-0.4, -0.2) is 47.1 Å². The summed E-state index contributed by atoms with van der Waals surface area (Å²) in [4.78, 5) is 22.8. The van der Waals surface area contributed by atoms with E-state index in [1.807, 2.05) is 0 Å². The number of likely N-dealkylation sites (tertiary alicyclic amines) is 1. The Hall–Kier alpha value is -1.41. The van der Waals surface area contributed by atoms with Gasteiger partial charge in [0.1, 0.15) is 0 Å². The van der Waals surface area contributed by atoms with Crippen molar-refractivity contribution < 1.29 is 36.6 Å². The van der Waals surface area contributed by atoms with Crippen LogP contribution < -0.4 is 0 Å². The van der Waals surface area contributed by atoms with Crippen LogP contribution in [0.25, 0.3) is 0 Å². The molecule has 1 aliphatic carbocycles. The second kappa shape index (κ2) is 4.29. The maximum Gasteiger partial charge on any atom is 0.471 e. The van der Waals surface area contributed by atoms with Crippen molar-refractivity contribution in [1.82, 2.24) is 4.90 Å². The molecule has 0 aromatic carbocycles. The number of alkyl halides is 5. The van der Waals surface area contributed by atoms with Gasteiger partial charge in [0.05, 0.1) is 5.41 Å². The predicted octanol–water partition coefficient (Wildman–Crippen LogP) is 1.90. The second-order valence-corrected chi connectivity index (χ2v) is 5.40. The lowest BCUT2D eigenvalue weighted by Gasteiger charge is -2.38. The first-order valence-electron chi connectivity index (χ1n) is 5.95. The molecular weight excluding hydrogens is 289 g/mol. The molecule has 0 radical (unpaired) electrons. The molecule has 114 valence electrons. The summed E-state index contributed by atoms with van der Waals surface area (Å²) in [5, 5.41) is 9.21. The Kier molecular flexibility index (Phi) is 3.22. The van der Waals surface area contributed by atoms with E-state index < -0.39 is 67.7 Å². The van der Waals surface area contributed by atoms with Gasteiger partial charge in [0, 0.05) is 25.9 Å². The maximum absolute atomic E-state index is 13.3. The van der Waals surface area contributed by atoms with Crippen LogP contribution in [0.3, 0.4) is 0 Å². The summed E-state index contributed by atoms with van der Waals surface area (Å²) in [5.41, 5.74) is -1.69. The summed E-state index contributed by atoms with van der Waals surface area (Å²) in [6.07, 6.45) is -7.05. The predicted molar refractivity (Wildman–Crippen MR) is 55.0 cm³/mol. The van der Waals surface area contributed by atoms with Crippen LogP contribution >= 0.6 is 0 Å². The van der Waals surface area contributed by atoms with Crippen LogP contribution in [0.4, 0.5) is 22.0 Å². The van der Waals surface area contributed by atoms with Crippen LogP contribution in [0.15, 0.2) is 0 Å². The highest BCUT2D eigenvalue weighted by molar-refractivity contribution is 5.84. The molecule has 2 fully saturated rings. The molecule has 0 spiro atoms. The van der Waals surface area contributed by atoms with Gasteiger partial charge in [0.2, 0.25) is 5.92 Å². The molecule has 1 N–H and O–H groups in total. The van der Waals surface area contributed by atoms with Crippen molar-refractivity contribution in [1.29, 1.82) is 0 Å². The molecule has 9 heteroatoms. The normalized spacial score (nSPS) is 32.9. The van der Waals surface area contributed by atoms with E-state index in [9.17, 15) is 36.6 Å². The smallest absolute Gasteiger partial charge is 0.471 e. The lowest BCUT2D eigenvalue weighted by molar-refractivity contribution is -0.185. The summed E-state index contributed by atoms with van der Waals surface area (Å²) < 4.78 is 63.7. The Morgan fingerprint density at radius 1 is 1.20 bits per heavy atom. The highest BCUT2D eigenvalue weighted by atomic mass is 19.4. The first-order chi connectivity index (χ1) is 8.98. The van der Waals surface area contributed by atoms with E-state index in [0.29, 0.717) is 4.90 Å². The van der Waals surface area contributed by atoms with E-state index in [0.717, 1.165) is 0 Å². The van der Waals surface area contributed by atoms with Gasteiger partial charge in [-0.3, -0.25) is 9.59 Å². The van der Waals surface area contributed by atoms with E-state index >= 15 is 0 Å². The fourth-order valence-electron chi connectivity index (χ4n) is 3.07. The Balaban J connectivity index is 2.27. The SMILES string of the molecule is O=C(N1C[C@H]2CC(F)(F)CC[C@@]2(C(=O)O)C1)C(F)(F)F. The number of rotatable bonds is 1. The number of nitrogens with zero attached hydrogens (tertiary/aromatic N) is 1. The van der Waals surface area contributed by atoms with E-state index in [2.05, 4.69) is 0 Å². The van der Waals surface area contributed by atoms with Crippen LogP contribution in [0.1, 0.15) is 19.3 Å². The van der Waals surface area contributed by atoms with Crippen molar-refractivity contribution in [3.63, 3.8) is 0 Å². The van der Waals surface area contributed by atoms with Crippen LogP contribution in [0.5, 0.6) is 0 Å². The number of carbonyl (C=O) groups is 2. The Morgan fingerprint density at radius 3 is 2.30 bits per heavy atom. The van der Waals surface area contributed by atoms with Crippen LogP contribution in [-0.2, 0) is 9.59 Å². The quantitative estimate of drug-likeness (QED) is 0.753. The molecule has 1 saturated carbocycles. The van der Waals surface area contributed by atoms with E-state index in [1.54, 1.807) is 0 Å². The van der Waals surface area contributed by atoms with Crippen molar-refractivity contribution in [2.45, 2.75) is 31.4 Å². The van der Waals surface area contributed by atoms with Crippen LogP contribution in [0, 0.1) is 11.3 Å². The number of amides is 1. The monoisotopic (exact) mass is 301 g/mol. The zero-order valence-corrected chi connectivity index (χ0v) is 10.2. The fraction of sp³-hybridized carbons (Fsp3) is 0.818. The highest BCUT2D eigenvalue weighted by Gasteiger charge is 2.61. The number of hydrogen-bond acceptors (Lipinski definition) is 2. The number of fused-ring (bicyclic) bond motifs is 1. The third-order valence-electron chi connectivity index (χ3n) is 4.13. The molecule has 0 unspecified atom stereocenters. The van der Waals surface area contributed by atoms with E-state index in [1.165, 1.54) is 0 Å². The summed E-state index contributed by atoms with van der Waals surface area (Å²) in [7, 11) is 0. The lowest BCUT2D eigenvalue weighted by Crippen LogP contribution is -2.46. The van der Waals surface area contributed by atoms with Gasteiger partial charge in [-0.2, -0.15) is 13.2 Å². The first kappa shape index (κ1) is 15.0. The number of aliphatic carboxylic acids is 1. The third kappa shape index (κ3) is 2.33. The fourth-order valence-corrected chi connectivity index (χ4v) is 3.07. The molecule has 0 aromatic rings. The summed E-state index contributed by atoms with van der Waals surface area (Å²) >= 11 is 0. The zero-order valence-electron chi connectivity index (χ0n) is 10.2. The van der Waals surface area contributed by atoms with E-state index in [-0.39, 0.29) is 0 Å². The molecule has 20 heavy (non-hydrogen) atoms. The molecule has 2 atom stereocenters. The van der Waals surface area contributed by atoms with Gasteiger partial charge in [-0.15, -0.1) is 0 Å². The lowest BCUT2D eigenvalue weighted by atomic mass is 9.67. The van der Waals surface area contributed by atoms with Gasteiger partial charge >= 0.3 is 18.1 Å². The van der Waals surface area contributed by atoms with Gasteiger partial charge in [-0.1, -0.05) is 0 Å². The zero-order chi connectivity index (χ0) is 15.3. The molecule has 0 aromatic heterocycles. The van der Waals surface area contributed by atoms with Crippen molar-refractivity contribution in [3.8, 4) is 0 Å². The summed E-state index contributed by atoms with van der Waals surface area (Å²) in [5.74, 6) is -7.85. The standard InChI is InChI=1S/C11H12F5NO3/c12-10(13)2-1-9(8(19)20)5-17(4-6(9)3-10)7(18)11(14,15)16/h6H,1-5H2,(H,19,20)/t6-,9-/m1/s1. The topological polar surface area (TPSA) is 57.6 Å². The second-order valence-electron chi connectivity index (χ2n) is 5.40. The van der Waals surface area contributed by atoms with Crippen molar-refractivity contribution in [2.75, 3.05) is 13.1 Å². The Bertz CT molecular complexity index is 450. The minimum atomic E-state index is -5.13. The first-order valence-corrected chi connectivity index (χ1v) is 5.95. The number of carboxylic acid groups (broad SMARTS) is 1. The number of hydrogen-bond donors (Lipinski definition) is 1. The molecule has 2 rings (SSSR count). The summed E-state index contributed by atoms with van der Waals surface area (Å²) in [6.45, 7) is -1.26. The minimum absolute atomic E-state index is 0.334. The molecular formula is C11H12F5NO3. The van der Waals surface area contributed by atoms with Crippen molar-refractivity contribution in [2.24, 2.45) is 11.3 Å². The molecule has 2 aliphatic rings. The average molecular weight is 301 g/mol. The van der Waals surface area contributed by atoms with E-state index in [4.69, 9.17) is 0 Å². The molecule has 1 heterocycles. The van der Waals surface area contributed by atoms with Gasteiger partial charge in [-0.25, -0.2) is 8.78 Å². The number of carbonyl (C=O) groups excluding carboxylic acids is 1. The minimum Gasteiger partial charge on any atom is -0.481 e. The molecule has 4 nitrogen and oxygen atoms in total. The largest absolute Gasteiger partial charge is 0.481 e. The van der Waals surface area contributed by atoms with Gasteiger partial charge in [0.25, 0.3) is 0 Å². The van der Waals surface area contributed by atoms with Crippen molar-refractivity contribution >= 4 is 11.9 Å². The van der Waals surface area contributed by atoms with Gasteiger partial charge < -0.3 is 10.0 Å². The number of halogens is 5.